The zero-order valence-corrected chi connectivity index (χ0v) is 23.8. The van der Waals surface area contributed by atoms with Crippen LogP contribution in [0, 0.1) is 19.8 Å². The molecule has 4 aromatic rings. The molecule has 1 aliphatic carbocycles. The van der Waals surface area contributed by atoms with Gasteiger partial charge in [0.1, 0.15) is 4.90 Å². The molecule has 2 aliphatic rings. The molecule has 0 saturated carbocycles. The third-order valence-electron chi connectivity index (χ3n) is 7.60. The Labute approximate surface area is 240 Å². The summed E-state index contributed by atoms with van der Waals surface area (Å²) in [5.74, 6) is 0.990. The molecule has 4 aromatic carbocycles. The molecule has 1 aliphatic heterocycles. The summed E-state index contributed by atoms with van der Waals surface area (Å²) >= 11 is 6.36. The maximum absolute atomic E-state index is 12.6. The molecule has 0 spiro atoms. The van der Waals surface area contributed by atoms with Crippen LogP contribution in [-0.4, -0.2) is 14.6 Å². The number of fused-ring (bicyclic) bond motifs is 3. The lowest BCUT2D eigenvalue weighted by Crippen LogP contribution is -2.29. The first kappa shape index (κ1) is 26.4. The number of nitrogens with zero attached hydrogens (tertiary/aromatic N) is 1. The number of halogens is 1. The fraction of sp³-hybridized carbons (Fsp3) is 0.182. The lowest BCUT2D eigenvalue weighted by atomic mass is 9.76. The van der Waals surface area contributed by atoms with Crippen molar-refractivity contribution < 1.29 is 12.6 Å². The van der Waals surface area contributed by atoms with Crippen molar-refractivity contribution in [2.24, 2.45) is 10.9 Å². The predicted molar refractivity (Wildman–Crippen MR) is 162 cm³/mol. The highest BCUT2D eigenvalue weighted by molar-refractivity contribution is 7.87. The van der Waals surface area contributed by atoms with E-state index < -0.39 is 10.1 Å². The third kappa shape index (κ3) is 5.29. The van der Waals surface area contributed by atoms with Crippen LogP contribution in [0.3, 0.4) is 0 Å². The summed E-state index contributed by atoms with van der Waals surface area (Å²) in [5.41, 5.74) is 7.63. The normalized spacial score (nSPS) is 19.7. The van der Waals surface area contributed by atoms with Crippen LogP contribution in [0.2, 0.25) is 5.02 Å². The summed E-state index contributed by atoms with van der Waals surface area (Å²) in [6, 6.07) is 26.6. The Balaban J connectivity index is 1.15. The van der Waals surface area contributed by atoms with E-state index in [1.165, 1.54) is 34.5 Å². The molecular formula is C33H29ClN2O3S. The highest BCUT2D eigenvalue weighted by Gasteiger charge is 2.37. The first-order chi connectivity index (χ1) is 19.3. The summed E-state index contributed by atoms with van der Waals surface area (Å²) in [5, 5.41) is 3.97. The molecule has 0 fully saturated rings. The van der Waals surface area contributed by atoms with Crippen molar-refractivity contribution in [3.05, 3.63) is 130 Å². The van der Waals surface area contributed by atoms with Crippen LogP contribution in [0.15, 0.2) is 107 Å². The van der Waals surface area contributed by atoms with Gasteiger partial charge in [0.25, 0.3) is 0 Å². The number of hydrogen-bond acceptors (Lipinski definition) is 5. The SMILES string of the molecule is Cc1ccc(S(=O)(=O)Oc2ccc(C=Nc3ccc([C@@H]4Nc5ccc(C)cc5[C@@H]5C=CC[C@@H]54)cc3)cc2Cl)cc1. The molecule has 0 aromatic heterocycles. The van der Waals surface area contributed by atoms with Crippen LogP contribution >= 0.6 is 11.6 Å². The van der Waals surface area contributed by atoms with Gasteiger partial charge in [-0.05, 0) is 91.4 Å². The number of nitrogens with one attached hydrogen (secondary N) is 1. The molecule has 1 heterocycles. The molecule has 7 heteroatoms. The zero-order valence-electron chi connectivity index (χ0n) is 22.2. The number of benzene rings is 4. The van der Waals surface area contributed by atoms with Crippen LogP contribution in [0.25, 0.3) is 0 Å². The second kappa shape index (κ2) is 10.6. The Bertz CT molecular complexity index is 1730. The van der Waals surface area contributed by atoms with E-state index in [0.29, 0.717) is 11.8 Å². The van der Waals surface area contributed by atoms with Crippen molar-refractivity contribution in [2.45, 2.75) is 37.1 Å². The molecule has 40 heavy (non-hydrogen) atoms. The fourth-order valence-corrected chi connectivity index (χ4v) is 6.72. The van der Waals surface area contributed by atoms with Gasteiger partial charge in [-0.15, -0.1) is 0 Å². The minimum atomic E-state index is -3.99. The molecule has 0 radical (unpaired) electrons. The van der Waals surface area contributed by atoms with E-state index in [1.807, 2.05) is 19.1 Å². The van der Waals surface area contributed by atoms with Crippen molar-refractivity contribution in [3.8, 4) is 5.75 Å². The molecular weight excluding hydrogens is 540 g/mol. The third-order valence-corrected chi connectivity index (χ3v) is 9.14. The molecule has 0 amide bonds. The van der Waals surface area contributed by atoms with E-state index in [4.69, 9.17) is 15.8 Å². The van der Waals surface area contributed by atoms with Crippen molar-refractivity contribution >= 4 is 39.3 Å². The highest BCUT2D eigenvalue weighted by Crippen LogP contribution is 2.50. The molecule has 0 bridgehead atoms. The van der Waals surface area contributed by atoms with Crippen LogP contribution in [-0.2, 0) is 10.1 Å². The summed E-state index contributed by atoms with van der Waals surface area (Å²) in [4.78, 5) is 4.68. The van der Waals surface area contributed by atoms with Gasteiger partial charge in [0, 0.05) is 17.8 Å². The van der Waals surface area contributed by atoms with E-state index in [0.717, 1.165) is 23.2 Å². The van der Waals surface area contributed by atoms with Crippen molar-refractivity contribution in [1.29, 1.82) is 0 Å². The monoisotopic (exact) mass is 568 g/mol. The van der Waals surface area contributed by atoms with E-state index in [1.54, 1.807) is 36.5 Å². The summed E-state index contributed by atoms with van der Waals surface area (Å²) in [7, 11) is -3.99. The fourth-order valence-electron chi connectivity index (χ4n) is 5.50. The molecule has 3 atom stereocenters. The first-order valence-electron chi connectivity index (χ1n) is 13.3. The number of hydrogen-bond donors (Lipinski definition) is 1. The van der Waals surface area contributed by atoms with Gasteiger partial charge in [-0.2, -0.15) is 8.42 Å². The Kier molecular flexibility index (Phi) is 6.99. The predicted octanol–water partition coefficient (Wildman–Crippen LogP) is 8.30. The maximum atomic E-state index is 12.6. The maximum Gasteiger partial charge on any atom is 0.339 e. The van der Waals surface area contributed by atoms with Crippen LogP contribution in [0.5, 0.6) is 5.75 Å². The Morgan fingerprint density at radius 1 is 0.925 bits per heavy atom. The summed E-state index contributed by atoms with van der Waals surface area (Å²) in [6.07, 6.45) is 7.42. The van der Waals surface area contributed by atoms with Gasteiger partial charge in [0.05, 0.1) is 16.8 Å². The smallest absolute Gasteiger partial charge is 0.339 e. The van der Waals surface area contributed by atoms with E-state index in [-0.39, 0.29) is 21.7 Å². The average molecular weight is 569 g/mol. The lowest BCUT2D eigenvalue weighted by Gasteiger charge is -2.37. The van der Waals surface area contributed by atoms with E-state index >= 15 is 0 Å². The Morgan fingerprint density at radius 2 is 1.68 bits per heavy atom. The van der Waals surface area contributed by atoms with E-state index in [2.05, 4.69) is 59.7 Å². The average Bonchev–Trinajstić information content (AvgIpc) is 3.44. The number of aryl methyl sites for hydroxylation is 2. The molecule has 202 valence electrons. The molecule has 1 N–H and O–H groups in total. The number of aliphatic imine (C=N–C) groups is 1. The number of rotatable bonds is 6. The van der Waals surface area contributed by atoms with Crippen LogP contribution in [0.1, 0.15) is 46.2 Å². The van der Waals surface area contributed by atoms with Crippen LogP contribution in [0.4, 0.5) is 11.4 Å². The van der Waals surface area contributed by atoms with Gasteiger partial charge < -0.3 is 9.50 Å². The van der Waals surface area contributed by atoms with Crippen molar-refractivity contribution in [3.63, 3.8) is 0 Å². The molecule has 5 nitrogen and oxygen atoms in total. The van der Waals surface area contributed by atoms with Crippen molar-refractivity contribution in [1.82, 2.24) is 0 Å². The van der Waals surface area contributed by atoms with E-state index in [9.17, 15) is 8.42 Å². The summed E-state index contributed by atoms with van der Waals surface area (Å²) in [6.45, 7) is 4.03. The molecule has 0 saturated heterocycles. The van der Waals surface area contributed by atoms with Crippen LogP contribution < -0.4 is 9.50 Å². The first-order valence-corrected chi connectivity index (χ1v) is 15.0. The Hall–Kier alpha value is -3.87. The number of allylic oxidation sites excluding steroid dienone is 2. The minimum absolute atomic E-state index is 0.0696. The molecule has 0 unspecified atom stereocenters. The largest absolute Gasteiger partial charge is 0.378 e. The van der Waals surface area contributed by atoms with Crippen molar-refractivity contribution in [2.75, 3.05) is 5.32 Å². The zero-order chi connectivity index (χ0) is 27.9. The van der Waals surface area contributed by atoms with Gasteiger partial charge in [0.2, 0.25) is 0 Å². The topological polar surface area (TPSA) is 67.8 Å². The second-order valence-electron chi connectivity index (χ2n) is 10.5. The van der Waals surface area contributed by atoms with Gasteiger partial charge in [0.15, 0.2) is 5.75 Å². The Morgan fingerprint density at radius 3 is 2.42 bits per heavy atom. The highest BCUT2D eigenvalue weighted by atomic mass is 35.5. The second-order valence-corrected chi connectivity index (χ2v) is 12.4. The standard InChI is InChI=1S/C33H29ClN2O3S/c1-21-6-14-26(15-7-21)40(37,38)39-32-17-9-23(19-30(32)34)20-35-25-12-10-24(11-13-25)33-28-5-3-4-27(28)29-18-22(2)8-16-31(29)36-33/h3-4,6-20,27-28,33,36H,5H2,1-2H3/t27-,28+,33+/m1/s1. The van der Waals surface area contributed by atoms with Gasteiger partial charge in [-0.25, -0.2) is 0 Å². The lowest BCUT2D eigenvalue weighted by molar-refractivity contribution is 0.425. The number of anilines is 1. The summed E-state index contributed by atoms with van der Waals surface area (Å²) < 4.78 is 30.5. The minimum Gasteiger partial charge on any atom is -0.378 e. The quantitative estimate of drug-likeness (QED) is 0.144. The van der Waals surface area contributed by atoms with Gasteiger partial charge >= 0.3 is 10.1 Å². The van der Waals surface area contributed by atoms with Gasteiger partial charge in [-0.1, -0.05) is 71.3 Å². The van der Waals surface area contributed by atoms with Gasteiger partial charge in [-0.3, -0.25) is 4.99 Å². The molecule has 6 rings (SSSR count).